The van der Waals surface area contributed by atoms with Crippen LogP contribution in [0.1, 0.15) is 38.5 Å². The maximum absolute atomic E-state index is 12.1. The fourth-order valence-electron chi connectivity index (χ4n) is 2.01. The van der Waals surface area contributed by atoms with Crippen molar-refractivity contribution in [2.45, 2.75) is 49.6 Å². The predicted octanol–water partition coefficient (Wildman–Crippen LogP) is -1.80. The predicted molar refractivity (Wildman–Crippen MR) is 82.1 cm³/mol. The molecule has 0 aromatic rings. The largest absolute Gasteiger partial charge is 0.481 e. The van der Waals surface area contributed by atoms with Crippen LogP contribution in [0.3, 0.4) is 0 Å². The first-order chi connectivity index (χ1) is 11.8. The maximum Gasteiger partial charge on any atom is 0.331 e. The maximum atomic E-state index is 12.1. The summed E-state index contributed by atoms with van der Waals surface area (Å²) in [4.78, 5) is 67.6. The summed E-state index contributed by atoms with van der Waals surface area (Å²) in [6.07, 6.45) is -4.46. The molecule has 0 spiro atoms. The van der Waals surface area contributed by atoms with Gasteiger partial charge in [-0.3, -0.25) is 19.2 Å². The van der Waals surface area contributed by atoms with E-state index in [9.17, 15) is 28.8 Å². The molecular formula is C14H20N2O10. The molecule has 26 heavy (non-hydrogen) atoms. The Morgan fingerprint density at radius 2 is 0.846 bits per heavy atom. The van der Waals surface area contributed by atoms with Crippen LogP contribution in [0, 0.1) is 0 Å². The van der Waals surface area contributed by atoms with E-state index >= 15 is 0 Å². The normalized spacial score (nSPS) is 15.3. The Bertz CT molecular complexity index is 577. The molecule has 0 saturated carbocycles. The molecule has 0 rings (SSSR count). The Morgan fingerprint density at radius 3 is 1.04 bits per heavy atom. The van der Waals surface area contributed by atoms with Gasteiger partial charge < -0.3 is 31.9 Å². The molecule has 2 atom stereocenters. The third kappa shape index (κ3) is 5.89. The lowest BCUT2D eigenvalue weighted by Crippen LogP contribution is -2.57. The topological polar surface area (TPSA) is 235 Å². The molecule has 146 valence electrons. The number of ketones is 2. The molecule has 0 aliphatic carbocycles. The molecule has 12 heteroatoms. The monoisotopic (exact) mass is 376 g/mol. The van der Waals surface area contributed by atoms with Crippen molar-refractivity contribution in [1.29, 1.82) is 0 Å². The lowest BCUT2D eigenvalue weighted by Gasteiger charge is -2.25. The van der Waals surface area contributed by atoms with E-state index in [1.165, 1.54) is 0 Å². The summed E-state index contributed by atoms with van der Waals surface area (Å²) in [6, 6.07) is 0. The van der Waals surface area contributed by atoms with Gasteiger partial charge in [0.2, 0.25) is 0 Å². The molecule has 0 aromatic carbocycles. The first-order valence-corrected chi connectivity index (χ1v) is 7.32. The third-order valence-corrected chi connectivity index (χ3v) is 3.80. The highest BCUT2D eigenvalue weighted by Gasteiger charge is 2.45. The van der Waals surface area contributed by atoms with Gasteiger partial charge in [-0.15, -0.1) is 0 Å². The molecule has 0 unspecified atom stereocenters. The molecule has 0 aromatic heterocycles. The van der Waals surface area contributed by atoms with Gasteiger partial charge in [-0.05, 0) is 12.8 Å². The number of carboxylic acid groups (broad SMARTS) is 4. The number of rotatable bonds is 13. The molecule has 12 nitrogen and oxygen atoms in total. The van der Waals surface area contributed by atoms with Crippen molar-refractivity contribution >= 4 is 35.4 Å². The van der Waals surface area contributed by atoms with Gasteiger partial charge in [-0.2, -0.15) is 0 Å². The summed E-state index contributed by atoms with van der Waals surface area (Å²) in [5.41, 5.74) is 5.76. The van der Waals surface area contributed by atoms with E-state index in [0.717, 1.165) is 0 Å². The first-order valence-electron chi connectivity index (χ1n) is 7.32. The zero-order valence-electron chi connectivity index (χ0n) is 13.6. The van der Waals surface area contributed by atoms with E-state index in [4.69, 9.17) is 31.9 Å². The van der Waals surface area contributed by atoms with Crippen molar-refractivity contribution in [3.63, 3.8) is 0 Å². The summed E-state index contributed by atoms with van der Waals surface area (Å²) in [5.74, 6) is -8.70. The van der Waals surface area contributed by atoms with Gasteiger partial charge in [-0.25, -0.2) is 9.59 Å². The third-order valence-electron chi connectivity index (χ3n) is 3.80. The molecule has 0 aliphatic heterocycles. The van der Waals surface area contributed by atoms with Crippen molar-refractivity contribution in [2.75, 3.05) is 0 Å². The highest BCUT2D eigenvalue weighted by molar-refractivity contribution is 6.11. The van der Waals surface area contributed by atoms with Crippen LogP contribution in [0.2, 0.25) is 0 Å². The number of carbonyl (C=O) groups excluding carboxylic acids is 2. The summed E-state index contributed by atoms with van der Waals surface area (Å²) in [6.45, 7) is 0. The van der Waals surface area contributed by atoms with E-state index in [0.29, 0.717) is 0 Å². The Hall–Kier alpha value is -2.86. The second-order valence-corrected chi connectivity index (χ2v) is 5.69. The Kier molecular flexibility index (Phi) is 8.02. The number of carboxylic acids is 4. The summed E-state index contributed by atoms with van der Waals surface area (Å²) >= 11 is 0. The van der Waals surface area contributed by atoms with Gasteiger partial charge >= 0.3 is 23.9 Å². The summed E-state index contributed by atoms with van der Waals surface area (Å²) in [7, 11) is 0. The highest BCUT2D eigenvalue weighted by Crippen LogP contribution is 2.19. The first kappa shape index (κ1) is 23.1. The average molecular weight is 376 g/mol. The number of hydrogen-bond acceptors (Lipinski definition) is 8. The highest BCUT2D eigenvalue weighted by atomic mass is 16.4. The van der Waals surface area contributed by atoms with Gasteiger partial charge in [0, 0.05) is 25.7 Å². The van der Waals surface area contributed by atoms with E-state index in [1.807, 2.05) is 0 Å². The zero-order valence-corrected chi connectivity index (χ0v) is 13.6. The molecular weight excluding hydrogens is 356 g/mol. The molecule has 0 saturated heterocycles. The minimum absolute atomic E-state index is 0.711. The van der Waals surface area contributed by atoms with Gasteiger partial charge in [0.05, 0.1) is 0 Å². The van der Waals surface area contributed by atoms with Gasteiger partial charge in [0.1, 0.15) is 0 Å². The number of nitrogens with two attached hydrogens (primary N) is 2. The number of Topliss-reactive ketones (excluding diaryl/α,β-unsaturated/α-hetero) is 2. The van der Waals surface area contributed by atoms with Crippen molar-refractivity contribution in [3.8, 4) is 0 Å². The standard InChI is InChI=1S/C14H20N2O10/c15-13(11(23)24,5-3-9(19)20)7(17)1-2-8(18)14(16,12(25)26)6-4-10(21)22/h1-6,15-16H2,(H,19,20)(H,21,22)(H,23,24)(H,25,26)/t13-,14-/m1/s1. The van der Waals surface area contributed by atoms with Crippen LogP contribution in [0.5, 0.6) is 0 Å². The van der Waals surface area contributed by atoms with E-state index in [2.05, 4.69) is 0 Å². The van der Waals surface area contributed by atoms with Gasteiger partial charge in [0.15, 0.2) is 22.6 Å². The van der Waals surface area contributed by atoms with Crippen molar-refractivity contribution in [3.05, 3.63) is 0 Å². The second-order valence-electron chi connectivity index (χ2n) is 5.69. The lowest BCUT2D eigenvalue weighted by atomic mass is 9.83. The Balaban J connectivity index is 5.16. The van der Waals surface area contributed by atoms with Crippen molar-refractivity contribution in [2.24, 2.45) is 11.5 Å². The zero-order chi connectivity index (χ0) is 20.7. The summed E-state index contributed by atoms with van der Waals surface area (Å²) in [5, 5.41) is 35.3. The summed E-state index contributed by atoms with van der Waals surface area (Å²) < 4.78 is 0. The average Bonchev–Trinajstić information content (AvgIpc) is 2.54. The second kappa shape index (κ2) is 9.01. The number of aliphatic carboxylic acids is 4. The van der Waals surface area contributed by atoms with E-state index in [-0.39, 0.29) is 0 Å². The smallest absolute Gasteiger partial charge is 0.331 e. The van der Waals surface area contributed by atoms with Crippen LogP contribution in [0.4, 0.5) is 0 Å². The van der Waals surface area contributed by atoms with Gasteiger partial charge in [-0.1, -0.05) is 0 Å². The Morgan fingerprint density at radius 1 is 0.577 bits per heavy atom. The SMILES string of the molecule is N[C@@](CCC(=O)O)(C(=O)O)C(=O)CCC(=O)[C@](N)(CCC(=O)O)C(=O)O. The molecule has 0 bridgehead atoms. The van der Waals surface area contributed by atoms with Crippen molar-refractivity contribution in [1.82, 2.24) is 0 Å². The van der Waals surface area contributed by atoms with Crippen LogP contribution >= 0.6 is 0 Å². The van der Waals surface area contributed by atoms with Crippen LogP contribution in [0.15, 0.2) is 0 Å². The fraction of sp³-hybridized carbons (Fsp3) is 0.571. The van der Waals surface area contributed by atoms with Crippen LogP contribution in [-0.2, 0) is 28.8 Å². The Labute approximate surface area is 146 Å². The molecule has 0 fully saturated rings. The van der Waals surface area contributed by atoms with Crippen LogP contribution in [0.25, 0.3) is 0 Å². The fourth-order valence-corrected chi connectivity index (χ4v) is 2.01. The number of hydrogen-bond donors (Lipinski definition) is 6. The van der Waals surface area contributed by atoms with Crippen LogP contribution in [-0.4, -0.2) is 66.9 Å². The van der Waals surface area contributed by atoms with E-state index in [1.54, 1.807) is 0 Å². The minimum atomic E-state index is -2.56. The van der Waals surface area contributed by atoms with Crippen molar-refractivity contribution < 1.29 is 49.2 Å². The molecule has 0 heterocycles. The quantitative estimate of drug-likeness (QED) is 0.195. The molecule has 0 radical (unpaired) electrons. The van der Waals surface area contributed by atoms with Gasteiger partial charge in [0.25, 0.3) is 0 Å². The van der Waals surface area contributed by atoms with E-state index < -0.39 is 85.0 Å². The van der Waals surface area contributed by atoms with Crippen LogP contribution < -0.4 is 11.5 Å². The minimum Gasteiger partial charge on any atom is -0.481 e. The number of carbonyl (C=O) groups is 6. The molecule has 0 aliphatic rings. The molecule has 8 N–H and O–H groups in total. The lowest BCUT2D eigenvalue weighted by molar-refractivity contribution is -0.153. The molecule has 0 amide bonds.